The van der Waals surface area contributed by atoms with Crippen molar-refractivity contribution in [1.82, 2.24) is 0 Å². The van der Waals surface area contributed by atoms with Gasteiger partial charge in [-0.3, -0.25) is 4.79 Å². The summed E-state index contributed by atoms with van der Waals surface area (Å²) < 4.78 is 0. The Hall–Kier alpha value is -2.69. The molecule has 0 saturated carbocycles. The van der Waals surface area contributed by atoms with Crippen LogP contribution in [0.4, 0.5) is 11.4 Å². The average Bonchev–Trinajstić information content (AvgIpc) is 2.32. The third kappa shape index (κ3) is 2.35. The summed E-state index contributed by atoms with van der Waals surface area (Å²) in [4.78, 5) is 11.9. The topological polar surface area (TPSA) is 95.6 Å². The van der Waals surface area contributed by atoms with Gasteiger partial charge in [0.25, 0.3) is 5.91 Å². The number of carbonyl (C=O) groups is 1. The summed E-state index contributed by atoms with van der Waals surface area (Å²) in [5, 5.41) is 21.3. The number of hydrogen-bond donors (Lipinski definition) is 4. The second-order valence-electron chi connectivity index (χ2n) is 3.74. The van der Waals surface area contributed by atoms with Crippen LogP contribution in [-0.4, -0.2) is 16.1 Å². The van der Waals surface area contributed by atoms with Gasteiger partial charge < -0.3 is 21.3 Å². The number of nitrogens with two attached hydrogens (primary N) is 1. The Kier molecular flexibility index (Phi) is 3.05. The van der Waals surface area contributed by atoms with Crippen molar-refractivity contribution >= 4 is 17.3 Å². The summed E-state index contributed by atoms with van der Waals surface area (Å²) in [7, 11) is 0. The van der Waals surface area contributed by atoms with E-state index in [1.54, 1.807) is 24.3 Å². The summed E-state index contributed by atoms with van der Waals surface area (Å²) in [6, 6.07) is 10.6. The van der Waals surface area contributed by atoms with Crippen LogP contribution in [0.15, 0.2) is 42.5 Å². The lowest BCUT2D eigenvalue weighted by atomic mass is 10.1. The molecule has 0 aliphatic carbocycles. The number of phenols is 2. The van der Waals surface area contributed by atoms with E-state index in [1.165, 1.54) is 12.1 Å². The lowest BCUT2D eigenvalue weighted by molar-refractivity contribution is 0.102. The number of nitrogens with one attached hydrogen (secondary N) is 1. The van der Waals surface area contributed by atoms with Crippen molar-refractivity contribution in [1.29, 1.82) is 0 Å². The summed E-state index contributed by atoms with van der Waals surface area (Å²) in [5.74, 6) is -0.893. The molecule has 2 rings (SSSR count). The zero-order valence-electron chi connectivity index (χ0n) is 9.42. The highest BCUT2D eigenvalue weighted by Gasteiger charge is 2.12. The van der Waals surface area contributed by atoms with Crippen molar-refractivity contribution in [3.63, 3.8) is 0 Å². The zero-order chi connectivity index (χ0) is 13.1. The minimum absolute atomic E-state index is 0.0658. The number of rotatable bonds is 2. The fraction of sp³-hybridized carbons (Fsp3) is 0. The molecule has 0 aliphatic heterocycles. The molecule has 92 valence electrons. The first-order valence-electron chi connectivity index (χ1n) is 5.26. The molecule has 0 unspecified atom stereocenters. The highest BCUT2D eigenvalue weighted by Crippen LogP contribution is 2.24. The molecule has 0 heterocycles. The van der Waals surface area contributed by atoms with Crippen molar-refractivity contribution in [3.8, 4) is 11.5 Å². The van der Waals surface area contributed by atoms with Gasteiger partial charge in [0, 0.05) is 6.07 Å². The van der Waals surface area contributed by atoms with E-state index in [1.807, 2.05) is 0 Å². The highest BCUT2D eigenvalue weighted by molar-refractivity contribution is 6.07. The predicted octanol–water partition coefficient (Wildman–Crippen LogP) is 1.93. The van der Waals surface area contributed by atoms with E-state index in [9.17, 15) is 9.90 Å². The molecule has 0 bridgehead atoms. The standard InChI is InChI=1S/C13H12N2O3/c14-10-3-1-2-4-11(10)15-13(18)9-6-5-8(16)7-12(9)17/h1-7,16-17H,14H2,(H,15,18). The van der Waals surface area contributed by atoms with Crippen molar-refractivity contribution in [2.24, 2.45) is 0 Å². The van der Waals surface area contributed by atoms with Crippen LogP contribution in [0.2, 0.25) is 0 Å². The molecule has 0 atom stereocenters. The van der Waals surface area contributed by atoms with Crippen molar-refractivity contribution in [2.45, 2.75) is 0 Å². The summed E-state index contributed by atoms with van der Waals surface area (Å²) in [6.45, 7) is 0. The van der Waals surface area contributed by atoms with Gasteiger partial charge in [0.05, 0.1) is 16.9 Å². The van der Waals surface area contributed by atoms with Crippen LogP contribution in [0, 0.1) is 0 Å². The van der Waals surface area contributed by atoms with Gasteiger partial charge in [-0.1, -0.05) is 12.1 Å². The molecular weight excluding hydrogens is 232 g/mol. The number of nitrogen functional groups attached to an aromatic ring is 1. The Balaban J connectivity index is 2.25. The highest BCUT2D eigenvalue weighted by atomic mass is 16.3. The van der Waals surface area contributed by atoms with Crippen LogP contribution in [0.5, 0.6) is 11.5 Å². The van der Waals surface area contributed by atoms with E-state index in [0.717, 1.165) is 6.07 Å². The van der Waals surface area contributed by atoms with Crippen LogP contribution in [0.3, 0.4) is 0 Å². The number of para-hydroxylation sites is 2. The SMILES string of the molecule is Nc1ccccc1NC(=O)c1ccc(O)cc1O. The smallest absolute Gasteiger partial charge is 0.259 e. The lowest BCUT2D eigenvalue weighted by Crippen LogP contribution is -2.13. The van der Waals surface area contributed by atoms with E-state index < -0.39 is 5.91 Å². The molecule has 0 aromatic heterocycles. The monoisotopic (exact) mass is 244 g/mol. The number of anilines is 2. The van der Waals surface area contributed by atoms with Gasteiger partial charge in [-0.15, -0.1) is 0 Å². The minimum atomic E-state index is -0.495. The molecule has 0 radical (unpaired) electrons. The third-order valence-corrected chi connectivity index (χ3v) is 2.43. The second-order valence-corrected chi connectivity index (χ2v) is 3.74. The Morgan fingerprint density at radius 3 is 2.50 bits per heavy atom. The fourth-order valence-corrected chi connectivity index (χ4v) is 1.51. The van der Waals surface area contributed by atoms with E-state index >= 15 is 0 Å². The summed E-state index contributed by atoms with van der Waals surface area (Å²) in [5.41, 5.74) is 6.66. The number of carbonyl (C=O) groups excluding carboxylic acids is 1. The molecule has 0 saturated heterocycles. The molecule has 0 fully saturated rings. The molecule has 2 aromatic rings. The second kappa shape index (κ2) is 4.67. The van der Waals surface area contributed by atoms with Crippen molar-refractivity contribution in [3.05, 3.63) is 48.0 Å². The number of hydrogen-bond acceptors (Lipinski definition) is 4. The van der Waals surface area contributed by atoms with Gasteiger partial charge in [-0.25, -0.2) is 0 Å². The maximum Gasteiger partial charge on any atom is 0.259 e. The van der Waals surface area contributed by atoms with Crippen LogP contribution in [0.25, 0.3) is 0 Å². The Labute approximate surface area is 103 Å². The van der Waals surface area contributed by atoms with Crippen molar-refractivity contribution in [2.75, 3.05) is 11.1 Å². The molecule has 5 heteroatoms. The minimum Gasteiger partial charge on any atom is -0.508 e. The third-order valence-electron chi connectivity index (χ3n) is 2.43. The van der Waals surface area contributed by atoms with Gasteiger partial charge >= 0.3 is 0 Å². The molecule has 1 amide bonds. The van der Waals surface area contributed by atoms with Crippen LogP contribution < -0.4 is 11.1 Å². The van der Waals surface area contributed by atoms with E-state index in [2.05, 4.69) is 5.32 Å². The maximum atomic E-state index is 11.9. The number of phenolic OH excluding ortho intramolecular Hbond substituents is 2. The van der Waals surface area contributed by atoms with Crippen LogP contribution in [-0.2, 0) is 0 Å². The zero-order valence-corrected chi connectivity index (χ0v) is 9.42. The first-order chi connectivity index (χ1) is 8.58. The first-order valence-corrected chi connectivity index (χ1v) is 5.26. The van der Waals surface area contributed by atoms with Crippen LogP contribution >= 0.6 is 0 Å². The first kappa shape index (κ1) is 11.8. The van der Waals surface area contributed by atoms with Gasteiger partial charge in [0.1, 0.15) is 11.5 Å². The largest absolute Gasteiger partial charge is 0.508 e. The number of amides is 1. The molecule has 18 heavy (non-hydrogen) atoms. The molecule has 2 aromatic carbocycles. The molecule has 5 nitrogen and oxygen atoms in total. The number of aromatic hydroxyl groups is 2. The van der Waals surface area contributed by atoms with Crippen LogP contribution in [0.1, 0.15) is 10.4 Å². The van der Waals surface area contributed by atoms with E-state index in [-0.39, 0.29) is 17.1 Å². The maximum absolute atomic E-state index is 11.9. The van der Waals surface area contributed by atoms with Gasteiger partial charge in [-0.2, -0.15) is 0 Å². The molecular formula is C13H12N2O3. The molecule has 5 N–H and O–H groups in total. The molecule has 0 spiro atoms. The van der Waals surface area contributed by atoms with Gasteiger partial charge in [0.2, 0.25) is 0 Å². The quantitative estimate of drug-likeness (QED) is 0.607. The fourth-order valence-electron chi connectivity index (χ4n) is 1.51. The average molecular weight is 244 g/mol. The predicted molar refractivity (Wildman–Crippen MR) is 68.6 cm³/mol. The normalized spacial score (nSPS) is 10.0. The van der Waals surface area contributed by atoms with Crippen molar-refractivity contribution < 1.29 is 15.0 Å². The summed E-state index contributed by atoms with van der Waals surface area (Å²) >= 11 is 0. The lowest BCUT2D eigenvalue weighted by Gasteiger charge is -2.09. The Bertz CT molecular complexity index is 597. The summed E-state index contributed by atoms with van der Waals surface area (Å²) in [6.07, 6.45) is 0. The molecule has 0 aliphatic rings. The van der Waals surface area contributed by atoms with Gasteiger partial charge in [-0.05, 0) is 24.3 Å². The van der Waals surface area contributed by atoms with E-state index in [4.69, 9.17) is 10.8 Å². The number of benzene rings is 2. The Morgan fingerprint density at radius 2 is 1.83 bits per heavy atom. The van der Waals surface area contributed by atoms with E-state index in [0.29, 0.717) is 11.4 Å². The Morgan fingerprint density at radius 1 is 1.11 bits per heavy atom. The van der Waals surface area contributed by atoms with Gasteiger partial charge in [0.15, 0.2) is 0 Å².